The van der Waals surface area contributed by atoms with Crippen LogP contribution in [0.15, 0.2) is 0 Å². The van der Waals surface area contributed by atoms with Crippen LogP contribution >= 0.6 is 0 Å². The minimum absolute atomic E-state index is 0.174. The Bertz CT molecular complexity index is 276. The number of rotatable bonds is 10. The summed E-state index contributed by atoms with van der Waals surface area (Å²) in [5.74, 6) is 0.174. The van der Waals surface area contributed by atoms with Gasteiger partial charge in [-0.1, -0.05) is 0 Å². The van der Waals surface area contributed by atoms with Gasteiger partial charge in [0.15, 0.2) is 0 Å². The number of unbranched alkanes of at least 4 members (excludes halogenated alkanes) is 1. The minimum Gasteiger partial charge on any atom is -0.385 e. The molecular weight excluding hydrogens is 228 g/mol. The van der Waals surface area contributed by atoms with Crippen molar-refractivity contribution in [2.75, 3.05) is 32.6 Å². The quantitative estimate of drug-likeness (QED) is 0.539. The Morgan fingerprint density at radius 1 is 1.25 bits per heavy atom. The fraction of sp³-hybridized carbons (Fsp3) is 1.00. The summed E-state index contributed by atoms with van der Waals surface area (Å²) >= 11 is 0. The molecule has 0 aromatic carbocycles. The molecule has 0 unspecified atom stereocenters. The van der Waals surface area contributed by atoms with Gasteiger partial charge in [0.25, 0.3) is 0 Å². The highest BCUT2D eigenvalue weighted by Gasteiger charge is 2.20. The third-order valence-corrected chi connectivity index (χ3v) is 3.86. The zero-order chi connectivity index (χ0) is 11.9. The standard InChI is InChI=1S/C10H22N2O3S/c1-15-8-3-2-6-12-16(13,14)9-7-11-10-4-5-10/h10-12H,2-9H2,1H3. The van der Waals surface area contributed by atoms with Crippen LogP contribution in [0.3, 0.4) is 0 Å². The summed E-state index contributed by atoms with van der Waals surface area (Å²) in [6.45, 7) is 1.75. The van der Waals surface area contributed by atoms with E-state index < -0.39 is 10.0 Å². The molecule has 0 saturated heterocycles. The van der Waals surface area contributed by atoms with Gasteiger partial charge in [0.05, 0.1) is 5.75 Å². The molecule has 1 saturated carbocycles. The first-order valence-corrected chi connectivity index (χ1v) is 7.49. The molecule has 1 aliphatic carbocycles. The lowest BCUT2D eigenvalue weighted by Gasteiger charge is -2.07. The number of nitrogens with one attached hydrogen (secondary N) is 2. The smallest absolute Gasteiger partial charge is 0.212 e. The largest absolute Gasteiger partial charge is 0.385 e. The van der Waals surface area contributed by atoms with Crippen molar-refractivity contribution in [1.82, 2.24) is 10.0 Å². The maximum atomic E-state index is 11.5. The van der Waals surface area contributed by atoms with Crippen molar-refractivity contribution in [3.63, 3.8) is 0 Å². The number of hydrogen-bond donors (Lipinski definition) is 2. The average Bonchev–Trinajstić information content (AvgIpc) is 3.01. The van der Waals surface area contributed by atoms with Crippen molar-refractivity contribution in [3.05, 3.63) is 0 Å². The number of sulfonamides is 1. The molecule has 0 bridgehead atoms. The molecule has 0 heterocycles. The second-order valence-electron chi connectivity index (χ2n) is 4.14. The van der Waals surface area contributed by atoms with Gasteiger partial charge < -0.3 is 10.1 Å². The van der Waals surface area contributed by atoms with Crippen molar-refractivity contribution in [3.8, 4) is 0 Å². The normalized spacial score (nSPS) is 16.6. The minimum atomic E-state index is -3.09. The third kappa shape index (κ3) is 7.16. The predicted molar refractivity (Wildman–Crippen MR) is 63.9 cm³/mol. The van der Waals surface area contributed by atoms with E-state index in [0.29, 0.717) is 25.7 Å². The van der Waals surface area contributed by atoms with Crippen LogP contribution in [0.2, 0.25) is 0 Å². The monoisotopic (exact) mass is 250 g/mol. The zero-order valence-electron chi connectivity index (χ0n) is 9.87. The van der Waals surface area contributed by atoms with E-state index in [2.05, 4.69) is 10.0 Å². The Morgan fingerprint density at radius 3 is 2.62 bits per heavy atom. The van der Waals surface area contributed by atoms with E-state index in [0.717, 1.165) is 12.8 Å². The lowest BCUT2D eigenvalue weighted by Crippen LogP contribution is -2.33. The molecule has 1 aliphatic rings. The summed E-state index contributed by atoms with van der Waals surface area (Å²) < 4.78 is 30.4. The van der Waals surface area contributed by atoms with Crippen LogP contribution in [-0.2, 0) is 14.8 Å². The van der Waals surface area contributed by atoms with Crippen molar-refractivity contribution in [2.45, 2.75) is 31.7 Å². The first-order chi connectivity index (χ1) is 7.64. The summed E-state index contributed by atoms with van der Waals surface area (Å²) in [4.78, 5) is 0. The van der Waals surface area contributed by atoms with Crippen molar-refractivity contribution >= 4 is 10.0 Å². The molecule has 96 valence electrons. The second kappa shape index (κ2) is 7.21. The van der Waals surface area contributed by atoms with Crippen molar-refractivity contribution < 1.29 is 13.2 Å². The highest BCUT2D eigenvalue weighted by atomic mass is 32.2. The van der Waals surface area contributed by atoms with E-state index in [1.807, 2.05) is 0 Å². The van der Waals surface area contributed by atoms with Gasteiger partial charge in [-0.2, -0.15) is 0 Å². The van der Waals surface area contributed by atoms with Crippen LogP contribution in [0.25, 0.3) is 0 Å². The molecular formula is C10H22N2O3S. The number of hydrogen-bond acceptors (Lipinski definition) is 4. The van der Waals surface area contributed by atoms with Gasteiger partial charge >= 0.3 is 0 Å². The van der Waals surface area contributed by atoms with E-state index in [1.165, 1.54) is 12.8 Å². The van der Waals surface area contributed by atoms with Gasteiger partial charge in [-0.3, -0.25) is 0 Å². The molecule has 2 N–H and O–H groups in total. The Labute approximate surface area is 98.0 Å². The Hall–Kier alpha value is -0.170. The highest BCUT2D eigenvalue weighted by Crippen LogP contribution is 2.17. The molecule has 1 fully saturated rings. The second-order valence-corrected chi connectivity index (χ2v) is 6.07. The van der Waals surface area contributed by atoms with Gasteiger partial charge in [0.1, 0.15) is 0 Å². The lowest BCUT2D eigenvalue weighted by atomic mass is 10.3. The van der Waals surface area contributed by atoms with Gasteiger partial charge in [-0.15, -0.1) is 0 Å². The molecule has 0 aliphatic heterocycles. The van der Waals surface area contributed by atoms with E-state index in [4.69, 9.17) is 4.74 Å². The molecule has 6 heteroatoms. The lowest BCUT2D eigenvalue weighted by molar-refractivity contribution is 0.193. The molecule has 0 atom stereocenters. The summed E-state index contributed by atoms with van der Waals surface area (Å²) in [5, 5.41) is 3.18. The van der Waals surface area contributed by atoms with E-state index in [9.17, 15) is 8.42 Å². The summed E-state index contributed by atoms with van der Waals surface area (Å²) in [6.07, 6.45) is 4.08. The van der Waals surface area contributed by atoms with Crippen LogP contribution in [0.4, 0.5) is 0 Å². The summed E-state index contributed by atoms with van der Waals surface area (Å²) in [6, 6.07) is 0.567. The topological polar surface area (TPSA) is 67.4 Å². The van der Waals surface area contributed by atoms with Gasteiger partial charge in [0.2, 0.25) is 10.0 Å². The Morgan fingerprint density at radius 2 is 2.00 bits per heavy atom. The zero-order valence-corrected chi connectivity index (χ0v) is 10.7. The molecule has 0 radical (unpaired) electrons. The van der Waals surface area contributed by atoms with E-state index in [-0.39, 0.29) is 5.75 Å². The van der Waals surface area contributed by atoms with Crippen molar-refractivity contribution in [2.24, 2.45) is 0 Å². The van der Waals surface area contributed by atoms with Gasteiger partial charge in [0, 0.05) is 32.8 Å². The molecule has 0 aromatic heterocycles. The highest BCUT2D eigenvalue weighted by molar-refractivity contribution is 7.89. The summed E-state index contributed by atoms with van der Waals surface area (Å²) in [5.41, 5.74) is 0. The van der Waals surface area contributed by atoms with Gasteiger partial charge in [-0.05, 0) is 25.7 Å². The molecule has 1 rings (SSSR count). The molecule has 0 amide bonds. The van der Waals surface area contributed by atoms with Crippen LogP contribution in [0.1, 0.15) is 25.7 Å². The molecule has 5 nitrogen and oxygen atoms in total. The molecule has 16 heavy (non-hydrogen) atoms. The number of methoxy groups -OCH3 is 1. The van der Waals surface area contributed by atoms with E-state index >= 15 is 0 Å². The van der Waals surface area contributed by atoms with Crippen LogP contribution < -0.4 is 10.0 Å². The number of ether oxygens (including phenoxy) is 1. The SMILES string of the molecule is COCCCCNS(=O)(=O)CCNC1CC1. The maximum absolute atomic E-state index is 11.5. The molecule has 0 aromatic rings. The summed E-state index contributed by atoms with van der Waals surface area (Å²) in [7, 11) is -1.44. The predicted octanol–water partition coefficient (Wildman–Crippen LogP) is 0.0844. The molecule has 0 spiro atoms. The maximum Gasteiger partial charge on any atom is 0.212 e. The Kier molecular flexibility index (Phi) is 6.26. The van der Waals surface area contributed by atoms with Crippen LogP contribution in [0, 0.1) is 0 Å². The van der Waals surface area contributed by atoms with Crippen LogP contribution in [0.5, 0.6) is 0 Å². The average molecular weight is 250 g/mol. The first kappa shape index (κ1) is 13.9. The third-order valence-electron chi connectivity index (χ3n) is 2.48. The first-order valence-electron chi connectivity index (χ1n) is 5.84. The van der Waals surface area contributed by atoms with Gasteiger partial charge in [-0.25, -0.2) is 13.1 Å². The van der Waals surface area contributed by atoms with Crippen LogP contribution in [-0.4, -0.2) is 47.0 Å². The Balaban J connectivity index is 1.98. The van der Waals surface area contributed by atoms with E-state index in [1.54, 1.807) is 7.11 Å². The fourth-order valence-corrected chi connectivity index (χ4v) is 2.34. The van der Waals surface area contributed by atoms with Crippen molar-refractivity contribution in [1.29, 1.82) is 0 Å². The fourth-order valence-electron chi connectivity index (χ4n) is 1.36.